The van der Waals surface area contributed by atoms with Crippen molar-refractivity contribution < 1.29 is 19.1 Å². The molecule has 37 heavy (non-hydrogen) atoms. The molecule has 1 unspecified atom stereocenters. The number of thioether (sulfide) groups is 1. The van der Waals surface area contributed by atoms with E-state index in [9.17, 15) is 9.59 Å². The highest BCUT2D eigenvalue weighted by Crippen LogP contribution is 2.35. The molecule has 3 aromatic carbocycles. The van der Waals surface area contributed by atoms with E-state index in [1.54, 1.807) is 29.5 Å². The SMILES string of the molecule is Cc1ccc2nc(-c3ccc(NC(=O)CC4SC(=Nc5ccc6c(c5)OCCO6)NC4=O)cc3)sc2c1. The maximum atomic E-state index is 12.7. The van der Waals surface area contributed by atoms with Crippen molar-refractivity contribution in [3.8, 4) is 22.1 Å². The molecule has 1 aromatic heterocycles. The number of thiazole rings is 1. The summed E-state index contributed by atoms with van der Waals surface area (Å²) in [6.07, 6.45) is 0.0373. The van der Waals surface area contributed by atoms with Crippen LogP contribution in [0.15, 0.2) is 65.7 Å². The van der Waals surface area contributed by atoms with Crippen LogP contribution in [0.4, 0.5) is 11.4 Å². The first-order chi connectivity index (χ1) is 18.0. The molecule has 10 heteroatoms. The zero-order valence-corrected chi connectivity index (χ0v) is 21.4. The van der Waals surface area contributed by atoms with Crippen LogP contribution in [0.25, 0.3) is 20.8 Å². The molecule has 0 aliphatic carbocycles. The second-order valence-electron chi connectivity index (χ2n) is 8.66. The summed E-state index contributed by atoms with van der Waals surface area (Å²) in [5.74, 6) is 0.827. The minimum atomic E-state index is -0.554. The molecule has 0 spiro atoms. The minimum absolute atomic E-state index is 0.0373. The van der Waals surface area contributed by atoms with E-state index in [0.29, 0.717) is 41.3 Å². The summed E-state index contributed by atoms with van der Waals surface area (Å²) in [5.41, 5.74) is 4.48. The monoisotopic (exact) mass is 530 g/mol. The summed E-state index contributed by atoms with van der Waals surface area (Å²) < 4.78 is 12.3. The molecule has 6 rings (SSSR count). The van der Waals surface area contributed by atoms with Gasteiger partial charge in [-0.15, -0.1) is 11.3 Å². The topological polar surface area (TPSA) is 102 Å². The molecule has 2 N–H and O–H groups in total. The van der Waals surface area contributed by atoms with Crippen LogP contribution in [0.3, 0.4) is 0 Å². The maximum absolute atomic E-state index is 12.7. The number of rotatable bonds is 5. The average Bonchev–Trinajstić information content (AvgIpc) is 3.46. The zero-order chi connectivity index (χ0) is 25.4. The lowest BCUT2D eigenvalue weighted by Crippen LogP contribution is -2.28. The van der Waals surface area contributed by atoms with Gasteiger partial charge in [0.2, 0.25) is 11.8 Å². The van der Waals surface area contributed by atoms with Gasteiger partial charge in [0.15, 0.2) is 16.7 Å². The summed E-state index contributed by atoms with van der Waals surface area (Å²) in [4.78, 5) is 34.3. The molecule has 3 heterocycles. The first-order valence-corrected chi connectivity index (χ1v) is 13.4. The molecule has 1 saturated heterocycles. The van der Waals surface area contributed by atoms with Crippen LogP contribution in [-0.4, -0.2) is 40.4 Å². The molecule has 186 valence electrons. The highest BCUT2D eigenvalue weighted by molar-refractivity contribution is 8.15. The van der Waals surface area contributed by atoms with E-state index in [-0.39, 0.29) is 18.2 Å². The highest BCUT2D eigenvalue weighted by atomic mass is 32.2. The third kappa shape index (κ3) is 5.16. The Hall–Kier alpha value is -3.89. The Labute approximate surface area is 221 Å². The van der Waals surface area contributed by atoms with E-state index in [1.165, 1.54) is 17.3 Å². The van der Waals surface area contributed by atoms with Crippen molar-refractivity contribution in [3.05, 3.63) is 66.2 Å². The van der Waals surface area contributed by atoms with Crippen molar-refractivity contribution >= 4 is 61.7 Å². The van der Waals surface area contributed by atoms with E-state index < -0.39 is 5.25 Å². The van der Waals surface area contributed by atoms with Gasteiger partial charge in [-0.1, -0.05) is 17.8 Å². The van der Waals surface area contributed by atoms with Gasteiger partial charge in [-0.3, -0.25) is 9.59 Å². The van der Waals surface area contributed by atoms with E-state index in [2.05, 4.69) is 34.7 Å². The van der Waals surface area contributed by atoms with Gasteiger partial charge in [0, 0.05) is 23.7 Å². The molecule has 4 aromatic rings. The number of hydrogen-bond acceptors (Lipinski definition) is 8. The van der Waals surface area contributed by atoms with E-state index in [0.717, 1.165) is 20.8 Å². The van der Waals surface area contributed by atoms with Gasteiger partial charge >= 0.3 is 0 Å². The van der Waals surface area contributed by atoms with Gasteiger partial charge in [0.25, 0.3) is 0 Å². The van der Waals surface area contributed by atoms with Crippen LogP contribution in [-0.2, 0) is 9.59 Å². The number of amidine groups is 1. The molecule has 0 saturated carbocycles. The lowest BCUT2D eigenvalue weighted by Gasteiger charge is -2.18. The minimum Gasteiger partial charge on any atom is -0.486 e. The Morgan fingerprint density at radius 1 is 1.08 bits per heavy atom. The van der Waals surface area contributed by atoms with Crippen LogP contribution in [0.1, 0.15) is 12.0 Å². The summed E-state index contributed by atoms with van der Waals surface area (Å²) in [5, 5.41) is 6.47. The number of ether oxygens (including phenoxy) is 2. The molecule has 2 amide bonds. The van der Waals surface area contributed by atoms with Crippen molar-refractivity contribution in [2.75, 3.05) is 18.5 Å². The van der Waals surface area contributed by atoms with E-state index in [1.807, 2.05) is 30.3 Å². The third-order valence-corrected chi connectivity index (χ3v) is 8.01. The molecule has 1 atom stereocenters. The Morgan fingerprint density at radius 2 is 1.89 bits per heavy atom. The fourth-order valence-corrected chi connectivity index (χ4v) is 6.10. The van der Waals surface area contributed by atoms with Crippen molar-refractivity contribution in [1.82, 2.24) is 10.3 Å². The molecular formula is C27H22N4O4S2. The molecule has 0 bridgehead atoms. The van der Waals surface area contributed by atoms with Crippen LogP contribution >= 0.6 is 23.1 Å². The Kier molecular flexibility index (Phi) is 6.27. The summed E-state index contributed by atoms with van der Waals surface area (Å²) in [6, 6.07) is 19.2. The summed E-state index contributed by atoms with van der Waals surface area (Å²) >= 11 is 2.89. The smallest absolute Gasteiger partial charge is 0.240 e. The lowest BCUT2D eigenvalue weighted by molar-refractivity contribution is -0.122. The fraction of sp³-hybridized carbons (Fsp3) is 0.185. The predicted octanol–water partition coefficient (Wildman–Crippen LogP) is 5.29. The van der Waals surface area contributed by atoms with Crippen LogP contribution in [0, 0.1) is 6.92 Å². The zero-order valence-electron chi connectivity index (χ0n) is 19.8. The Bertz CT molecular complexity index is 1550. The second kappa shape index (κ2) is 9.87. The number of anilines is 1. The van der Waals surface area contributed by atoms with Crippen molar-refractivity contribution in [2.24, 2.45) is 4.99 Å². The molecule has 8 nitrogen and oxygen atoms in total. The van der Waals surface area contributed by atoms with Gasteiger partial charge in [-0.05, 0) is 61.0 Å². The van der Waals surface area contributed by atoms with Gasteiger partial charge in [0.05, 0.1) is 15.9 Å². The molecule has 0 radical (unpaired) electrons. The Balaban J connectivity index is 1.07. The van der Waals surface area contributed by atoms with Crippen LogP contribution in [0.5, 0.6) is 11.5 Å². The normalized spacial score (nSPS) is 17.7. The van der Waals surface area contributed by atoms with Crippen molar-refractivity contribution in [3.63, 3.8) is 0 Å². The standard InChI is InChI=1S/C27H22N4O4S2/c1-15-2-8-19-22(12-15)36-26(30-19)16-3-5-17(6-4-16)28-24(32)14-23-25(33)31-27(37-23)29-18-7-9-20-21(13-18)35-11-10-34-20/h2-9,12-13,23H,10-11,14H2,1H3,(H,28,32)(H,29,31,33). The van der Waals surface area contributed by atoms with Gasteiger partial charge in [0.1, 0.15) is 23.5 Å². The Morgan fingerprint density at radius 3 is 2.73 bits per heavy atom. The van der Waals surface area contributed by atoms with E-state index in [4.69, 9.17) is 14.5 Å². The third-order valence-electron chi connectivity index (χ3n) is 5.86. The number of hydrogen-bond donors (Lipinski definition) is 2. The maximum Gasteiger partial charge on any atom is 0.240 e. The first-order valence-electron chi connectivity index (χ1n) is 11.7. The number of benzene rings is 3. The average molecular weight is 531 g/mol. The number of carbonyl (C=O) groups excluding carboxylic acids is 2. The second-order valence-corrected chi connectivity index (χ2v) is 10.9. The molecule has 1 fully saturated rings. The number of nitrogens with one attached hydrogen (secondary N) is 2. The van der Waals surface area contributed by atoms with Gasteiger partial charge in [-0.25, -0.2) is 9.98 Å². The highest BCUT2D eigenvalue weighted by Gasteiger charge is 2.32. The molecule has 2 aliphatic rings. The number of nitrogens with zero attached hydrogens (tertiary/aromatic N) is 2. The van der Waals surface area contributed by atoms with Gasteiger partial charge in [-0.2, -0.15) is 0 Å². The summed E-state index contributed by atoms with van der Waals surface area (Å²) in [7, 11) is 0. The predicted molar refractivity (Wildman–Crippen MR) is 147 cm³/mol. The number of fused-ring (bicyclic) bond motifs is 2. The number of aromatic nitrogens is 1. The lowest BCUT2D eigenvalue weighted by atomic mass is 10.2. The number of carbonyl (C=O) groups is 2. The number of amides is 2. The van der Waals surface area contributed by atoms with Crippen LogP contribution < -0.4 is 20.1 Å². The number of aryl methyl sites for hydroxylation is 1. The summed E-state index contributed by atoms with van der Waals surface area (Å²) in [6.45, 7) is 3.07. The number of aliphatic imine (C=N–C) groups is 1. The quantitative estimate of drug-likeness (QED) is 0.364. The van der Waals surface area contributed by atoms with Gasteiger partial charge < -0.3 is 20.1 Å². The first kappa shape index (κ1) is 23.5. The largest absolute Gasteiger partial charge is 0.486 e. The van der Waals surface area contributed by atoms with Crippen molar-refractivity contribution in [1.29, 1.82) is 0 Å². The van der Waals surface area contributed by atoms with Crippen LogP contribution in [0.2, 0.25) is 0 Å². The molecular weight excluding hydrogens is 508 g/mol. The molecule has 2 aliphatic heterocycles. The van der Waals surface area contributed by atoms with Crippen molar-refractivity contribution in [2.45, 2.75) is 18.6 Å². The van der Waals surface area contributed by atoms with E-state index >= 15 is 0 Å². The fourth-order valence-electron chi connectivity index (χ4n) is 4.04.